The Labute approximate surface area is 113 Å². The summed E-state index contributed by atoms with van der Waals surface area (Å²) in [4.78, 5) is 17.0. The molecule has 0 radical (unpaired) electrons. The summed E-state index contributed by atoms with van der Waals surface area (Å²) in [5.41, 5.74) is 5.69. The van der Waals surface area contributed by atoms with Gasteiger partial charge in [-0.1, -0.05) is 6.92 Å². The second-order valence-electron chi connectivity index (χ2n) is 4.54. The first-order valence-corrected chi connectivity index (χ1v) is 6.84. The minimum absolute atomic E-state index is 0.212. The van der Waals surface area contributed by atoms with Crippen molar-refractivity contribution in [1.82, 2.24) is 19.9 Å². The van der Waals surface area contributed by atoms with E-state index in [1.165, 1.54) is 6.42 Å². The van der Waals surface area contributed by atoms with E-state index >= 15 is 0 Å². The molecule has 2 heterocycles. The molecule has 1 saturated heterocycles. The molecule has 106 valence electrons. The number of piperazine rings is 1. The predicted octanol–water partition coefficient (Wildman–Crippen LogP) is 0.385. The normalized spacial score (nSPS) is 16.6. The van der Waals surface area contributed by atoms with E-state index in [4.69, 9.17) is 10.5 Å². The molecule has 7 nitrogen and oxygen atoms in total. The standard InChI is InChI=1S/C12H22N6O/c1-3-5-17-6-8-18(9-7-17)11-14-10(13)15-12(16-11)19-4-2/h3-9H2,1-2H3,(H2,13,14,15,16). The number of rotatable bonds is 5. The van der Waals surface area contributed by atoms with Crippen LogP contribution in [0.3, 0.4) is 0 Å². The van der Waals surface area contributed by atoms with Gasteiger partial charge in [0.2, 0.25) is 11.9 Å². The Bertz CT molecular complexity index is 405. The highest BCUT2D eigenvalue weighted by Gasteiger charge is 2.19. The fourth-order valence-corrected chi connectivity index (χ4v) is 2.18. The van der Waals surface area contributed by atoms with Gasteiger partial charge in [0, 0.05) is 26.2 Å². The lowest BCUT2D eigenvalue weighted by Crippen LogP contribution is -2.47. The van der Waals surface area contributed by atoms with Crippen LogP contribution in [0.4, 0.5) is 11.9 Å². The molecule has 19 heavy (non-hydrogen) atoms. The quantitative estimate of drug-likeness (QED) is 0.825. The zero-order chi connectivity index (χ0) is 13.7. The van der Waals surface area contributed by atoms with Gasteiger partial charge in [0.15, 0.2) is 0 Å². The van der Waals surface area contributed by atoms with E-state index in [0.717, 1.165) is 32.7 Å². The van der Waals surface area contributed by atoms with Gasteiger partial charge in [-0.05, 0) is 19.9 Å². The molecule has 0 aromatic carbocycles. The number of anilines is 2. The summed E-state index contributed by atoms with van der Waals surface area (Å²) < 4.78 is 5.30. The molecule has 0 atom stereocenters. The highest BCUT2D eigenvalue weighted by Crippen LogP contribution is 2.15. The maximum Gasteiger partial charge on any atom is 0.323 e. The molecule has 1 aromatic heterocycles. The van der Waals surface area contributed by atoms with Crippen LogP contribution in [0, 0.1) is 0 Å². The molecular weight excluding hydrogens is 244 g/mol. The van der Waals surface area contributed by atoms with Gasteiger partial charge in [-0.2, -0.15) is 15.0 Å². The Morgan fingerprint density at radius 3 is 2.47 bits per heavy atom. The average molecular weight is 266 g/mol. The zero-order valence-corrected chi connectivity index (χ0v) is 11.7. The van der Waals surface area contributed by atoms with Gasteiger partial charge in [0.1, 0.15) is 0 Å². The fourth-order valence-electron chi connectivity index (χ4n) is 2.18. The van der Waals surface area contributed by atoms with E-state index in [2.05, 4.69) is 31.7 Å². The van der Waals surface area contributed by atoms with E-state index in [1.807, 2.05) is 6.92 Å². The van der Waals surface area contributed by atoms with Gasteiger partial charge in [-0.15, -0.1) is 0 Å². The van der Waals surface area contributed by atoms with E-state index in [-0.39, 0.29) is 5.95 Å². The van der Waals surface area contributed by atoms with Crippen LogP contribution in [-0.4, -0.2) is 59.2 Å². The van der Waals surface area contributed by atoms with Gasteiger partial charge >= 0.3 is 6.01 Å². The van der Waals surface area contributed by atoms with Crippen molar-refractivity contribution < 1.29 is 4.74 Å². The number of aromatic nitrogens is 3. The third kappa shape index (κ3) is 3.66. The Hall–Kier alpha value is -1.63. The van der Waals surface area contributed by atoms with Crippen LogP contribution in [0.1, 0.15) is 20.3 Å². The number of hydrogen-bond donors (Lipinski definition) is 1. The van der Waals surface area contributed by atoms with Crippen molar-refractivity contribution in [2.45, 2.75) is 20.3 Å². The Kier molecular flexibility index (Phi) is 4.73. The van der Waals surface area contributed by atoms with Crippen LogP contribution in [-0.2, 0) is 0 Å². The maximum absolute atomic E-state index is 5.69. The van der Waals surface area contributed by atoms with Crippen LogP contribution in [0.2, 0.25) is 0 Å². The average Bonchev–Trinajstić information content (AvgIpc) is 2.40. The van der Waals surface area contributed by atoms with E-state index < -0.39 is 0 Å². The van der Waals surface area contributed by atoms with Crippen molar-refractivity contribution in [2.24, 2.45) is 0 Å². The van der Waals surface area contributed by atoms with Gasteiger partial charge in [-0.25, -0.2) is 0 Å². The Morgan fingerprint density at radius 1 is 1.11 bits per heavy atom. The van der Waals surface area contributed by atoms with Crippen LogP contribution >= 0.6 is 0 Å². The molecule has 1 aliphatic heterocycles. The number of ether oxygens (including phenoxy) is 1. The summed E-state index contributed by atoms with van der Waals surface area (Å²) >= 11 is 0. The largest absolute Gasteiger partial charge is 0.464 e. The first-order valence-electron chi connectivity index (χ1n) is 6.84. The smallest absolute Gasteiger partial charge is 0.323 e. The molecule has 1 fully saturated rings. The molecule has 1 aromatic rings. The molecule has 0 aliphatic carbocycles. The third-order valence-corrected chi connectivity index (χ3v) is 3.09. The van der Waals surface area contributed by atoms with Crippen molar-refractivity contribution in [2.75, 3.05) is 50.0 Å². The molecule has 2 N–H and O–H groups in total. The van der Waals surface area contributed by atoms with Gasteiger partial charge in [0.25, 0.3) is 0 Å². The lowest BCUT2D eigenvalue weighted by atomic mass is 10.3. The summed E-state index contributed by atoms with van der Waals surface area (Å²) in [5, 5.41) is 0. The van der Waals surface area contributed by atoms with Gasteiger partial charge < -0.3 is 15.4 Å². The molecule has 0 bridgehead atoms. The molecule has 1 aliphatic rings. The molecule has 0 amide bonds. The van der Waals surface area contributed by atoms with Crippen LogP contribution in [0.25, 0.3) is 0 Å². The Balaban J connectivity index is 2.02. The van der Waals surface area contributed by atoms with Gasteiger partial charge in [-0.3, -0.25) is 4.90 Å². The highest BCUT2D eigenvalue weighted by molar-refractivity contribution is 5.36. The summed E-state index contributed by atoms with van der Waals surface area (Å²) in [5.74, 6) is 0.830. The summed E-state index contributed by atoms with van der Waals surface area (Å²) in [6, 6.07) is 0.306. The summed E-state index contributed by atoms with van der Waals surface area (Å²) in [7, 11) is 0. The van der Waals surface area contributed by atoms with Gasteiger partial charge in [0.05, 0.1) is 6.61 Å². The summed E-state index contributed by atoms with van der Waals surface area (Å²) in [6.45, 7) is 9.65. The lowest BCUT2D eigenvalue weighted by Gasteiger charge is -2.34. The number of nitrogens with zero attached hydrogens (tertiary/aromatic N) is 5. The van der Waals surface area contributed by atoms with Crippen molar-refractivity contribution >= 4 is 11.9 Å². The fraction of sp³-hybridized carbons (Fsp3) is 0.750. The molecule has 0 unspecified atom stereocenters. The van der Waals surface area contributed by atoms with Crippen molar-refractivity contribution in [1.29, 1.82) is 0 Å². The summed E-state index contributed by atoms with van der Waals surface area (Å²) in [6.07, 6.45) is 1.19. The van der Waals surface area contributed by atoms with Crippen molar-refractivity contribution in [3.63, 3.8) is 0 Å². The maximum atomic E-state index is 5.69. The second-order valence-corrected chi connectivity index (χ2v) is 4.54. The first-order chi connectivity index (χ1) is 9.22. The number of nitrogen functional groups attached to an aromatic ring is 1. The topological polar surface area (TPSA) is 80.4 Å². The molecule has 0 spiro atoms. The number of nitrogens with two attached hydrogens (primary N) is 1. The van der Waals surface area contributed by atoms with E-state index in [0.29, 0.717) is 18.6 Å². The molecule has 7 heteroatoms. The second kappa shape index (κ2) is 6.51. The molecular formula is C12H22N6O. The van der Waals surface area contributed by atoms with Crippen molar-refractivity contribution in [3.8, 4) is 6.01 Å². The third-order valence-electron chi connectivity index (χ3n) is 3.09. The lowest BCUT2D eigenvalue weighted by molar-refractivity contribution is 0.256. The minimum atomic E-state index is 0.212. The predicted molar refractivity (Wildman–Crippen MR) is 74.4 cm³/mol. The van der Waals surface area contributed by atoms with Crippen molar-refractivity contribution in [3.05, 3.63) is 0 Å². The van der Waals surface area contributed by atoms with Crippen LogP contribution < -0.4 is 15.4 Å². The number of hydrogen-bond acceptors (Lipinski definition) is 7. The highest BCUT2D eigenvalue weighted by atomic mass is 16.5. The molecule has 2 rings (SSSR count). The van der Waals surface area contributed by atoms with E-state index in [9.17, 15) is 0 Å². The minimum Gasteiger partial charge on any atom is -0.464 e. The first kappa shape index (κ1) is 13.8. The van der Waals surface area contributed by atoms with Crippen LogP contribution in [0.5, 0.6) is 6.01 Å². The van der Waals surface area contributed by atoms with Crippen LogP contribution in [0.15, 0.2) is 0 Å². The monoisotopic (exact) mass is 266 g/mol. The SMILES string of the molecule is CCCN1CCN(c2nc(N)nc(OCC)n2)CC1. The molecule has 0 saturated carbocycles. The zero-order valence-electron chi connectivity index (χ0n) is 11.7. The Morgan fingerprint density at radius 2 is 1.84 bits per heavy atom. The van der Waals surface area contributed by atoms with E-state index in [1.54, 1.807) is 0 Å².